The molecule has 1 aliphatic rings. The number of piperidine rings is 1. The highest BCUT2D eigenvalue weighted by molar-refractivity contribution is 6.07. The lowest BCUT2D eigenvalue weighted by Gasteiger charge is -2.26. The summed E-state index contributed by atoms with van der Waals surface area (Å²) in [4.78, 5) is 19.1. The van der Waals surface area contributed by atoms with Crippen LogP contribution in [0.15, 0.2) is 66.9 Å². The molecule has 0 aliphatic carbocycles. The van der Waals surface area contributed by atoms with Gasteiger partial charge in [-0.05, 0) is 79.2 Å². The molecule has 1 amide bonds. The quantitative estimate of drug-likeness (QED) is 0.404. The van der Waals surface area contributed by atoms with Crippen LogP contribution in [0.2, 0.25) is 0 Å². The third kappa shape index (κ3) is 4.82. The van der Waals surface area contributed by atoms with Gasteiger partial charge < -0.3 is 14.8 Å². The number of benzene rings is 3. The van der Waals surface area contributed by atoms with Crippen molar-refractivity contribution in [2.75, 3.05) is 33.3 Å². The Hall–Kier alpha value is -3.64. The Morgan fingerprint density at radius 3 is 2.65 bits per heavy atom. The third-order valence-electron chi connectivity index (χ3n) is 6.35. The summed E-state index contributed by atoms with van der Waals surface area (Å²) in [5.41, 5.74) is 1.48. The number of likely N-dealkylation sites (tertiary alicyclic amines) is 1. The van der Waals surface area contributed by atoms with Crippen molar-refractivity contribution >= 4 is 27.6 Å². The Balaban J connectivity index is 1.32. The molecule has 1 aliphatic heterocycles. The molecule has 2 heterocycles. The molecule has 4 aromatic rings. The van der Waals surface area contributed by atoms with Crippen molar-refractivity contribution in [2.24, 2.45) is 0 Å². The maximum atomic E-state index is 12.2. The maximum absolute atomic E-state index is 12.2. The largest absolute Gasteiger partial charge is 0.492 e. The van der Waals surface area contributed by atoms with Crippen molar-refractivity contribution in [3.8, 4) is 17.2 Å². The van der Waals surface area contributed by atoms with Gasteiger partial charge in [-0.3, -0.25) is 14.7 Å². The lowest BCUT2D eigenvalue weighted by Crippen LogP contribution is -2.33. The summed E-state index contributed by atoms with van der Waals surface area (Å²) in [5.74, 6) is 2.15. The summed E-state index contributed by atoms with van der Waals surface area (Å²) in [5, 5.41) is 5.45. The number of nitrogens with one attached hydrogen (secondary N) is 1. The van der Waals surface area contributed by atoms with Crippen LogP contribution in [0.3, 0.4) is 0 Å². The third-order valence-corrected chi connectivity index (χ3v) is 6.35. The first-order valence-corrected chi connectivity index (χ1v) is 11.9. The number of pyridine rings is 1. The fraction of sp³-hybridized carbons (Fsp3) is 0.286. The van der Waals surface area contributed by atoms with Crippen molar-refractivity contribution < 1.29 is 14.3 Å². The fourth-order valence-corrected chi connectivity index (χ4v) is 4.54. The van der Waals surface area contributed by atoms with Crippen LogP contribution in [-0.2, 0) is 0 Å². The second-order valence-electron chi connectivity index (χ2n) is 8.61. The van der Waals surface area contributed by atoms with E-state index in [0.29, 0.717) is 17.9 Å². The zero-order chi connectivity index (χ0) is 23.3. The number of hydrogen-bond donors (Lipinski definition) is 1. The summed E-state index contributed by atoms with van der Waals surface area (Å²) in [6, 6.07) is 19.3. The van der Waals surface area contributed by atoms with Crippen molar-refractivity contribution in [1.29, 1.82) is 0 Å². The molecule has 3 aromatic carbocycles. The number of carbonyl (C=O) groups excluding carboxylic acids is 1. The van der Waals surface area contributed by atoms with Crippen LogP contribution >= 0.6 is 0 Å². The number of aromatic nitrogens is 1. The Morgan fingerprint density at radius 1 is 0.971 bits per heavy atom. The molecule has 0 atom stereocenters. The summed E-state index contributed by atoms with van der Waals surface area (Å²) in [6.07, 6.45) is 5.67. The summed E-state index contributed by atoms with van der Waals surface area (Å²) in [7, 11) is 1.64. The van der Waals surface area contributed by atoms with E-state index < -0.39 is 0 Å². The van der Waals surface area contributed by atoms with Gasteiger partial charge in [0.2, 0.25) is 0 Å². The normalized spacial score (nSPS) is 14.3. The molecule has 1 fully saturated rings. The van der Waals surface area contributed by atoms with Gasteiger partial charge in [-0.15, -0.1) is 0 Å². The molecule has 1 aromatic heterocycles. The molecule has 0 unspecified atom stereocenters. The molecule has 0 radical (unpaired) electrons. The first-order chi connectivity index (χ1) is 16.7. The lowest BCUT2D eigenvalue weighted by molar-refractivity contribution is 0.0964. The van der Waals surface area contributed by atoms with Crippen LogP contribution in [0.1, 0.15) is 29.6 Å². The maximum Gasteiger partial charge on any atom is 0.251 e. The first-order valence-electron chi connectivity index (χ1n) is 11.9. The number of carbonyl (C=O) groups is 1. The molecule has 5 rings (SSSR count). The van der Waals surface area contributed by atoms with Gasteiger partial charge in [-0.1, -0.05) is 18.6 Å². The minimum Gasteiger partial charge on any atom is -0.492 e. The molecular formula is C28H29N3O3. The van der Waals surface area contributed by atoms with E-state index in [9.17, 15) is 4.79 Å². The smallest absolute Gasteiger partial charge is 0.251 e. The van der Waals surface area contributed by atoms with Gasteiger partial charge in [0.15, 0.2) is 0 Å². The molecule has 1 saturated heterocycles. The van der Waals surface area contributed by atoms with Crippen LogP contribution in [0.5, 0.6) is 17.2 Å². The fourth-order valence-electron chi connectivity index (χ4n) is 4.54. The van der Waals surface area contributed by atoms with Gasteiger partial charge in [0.1, 0.15) is 23.9 Å². The molecule has 6 nitrogen and oxygen atoms in total. The second kappa shape index (κ2) is 10.1. The minimum atomic E-state index is -0.103. The number of ether oxygens (including phenoxy) is 2. The topological polar surface area (TPSA) is 63.7 Å². The zero-order valence-electron chi connectivity index (χ0n) is 19.4. The van der Waals surface area contributed by atoms with Gasteiger partial charge in [0, 0.05) is 36.8 Å². The zero-order valence-corrected chi connectivity index (χ0v) is 19.4. The van der Waals surface area contributed by atoms with Crippen molar-refractivity contribution in [3.05, 3.63) is 72.4 Å². The van der Waals surface area contributed by atoms with Crippen LogP contribution < -0.4 is 14.8 Å². The molecule has 174 valence electrons. The molecule has 1 N–H and O–H groups in total. The first kappa shape index (κ1) is 22.2. The standard InChI is InChI=1S/C28H29N3O3/c1-29-28(32)24-7-5-6-20-18-22(9-10-23(20)24)34-27-12-13-30-26-19-21(8-11-25(26)27)33-17-16-31-14-3-2-4-15-31/h5-13,18-19H,2-4,14-17H2,1H3,(H,29,32). The highest BCUT2D eigenvalue weighted by Crippen LogP contribution is 2.32. The highest BCUT2D eigenvalue weighted by atomic mass is 16.5. The molecule has 0 bridgehead atoms. The van der Waals surface area contributed by atoms with Crippen molar-refractivity contribution in [3.63, 3.8) is 0 Å². The van der Waals surface area contributed by atoms with Crippen LogP contribution in [0.25, 0.3) is 21.7 Å². The number of hydrogen-bond acceptors (Lipinski definition) is 5. The van der Waals surface area contributed by atoms with E-state index in [1.165, 1.54) is 32.4 Å². The minimum absolute atomic E-state index is 0.103. The average molecular weight is 456 g/mol. The van der Waals surface area contributed by atoms with E-state index in [2.05, 4.69) is 15.2 Å². The van der Waals surface area contributed by atoms with Crippen molar-refractivity contribution in [1.82, 2.24) is 15.2 Å². The van der Waals surface area contributed by atoms with Crippen LogP contribution in [0.4, 0.5) is 0 Å². The van der Waals surface area contributed by atoms with E-state index >= 15 is 0 Å². The molecule has 34 heavy (non-hydrogen) atoms. The van der Waals surface area contributed by atoms with Crippen molar-refractivity contribution in [2.45, 2.75) is 19.3 Å². The number of nitrogens with zero attached hydrogens (tertiary/aromatic N) is 2. The molecule has 6 heteroatoms. The second-order valence-corrected chi connectivity index (χ2v) is 8.61. The van der Waals surface area contributed by atoms with E-state index in [-0.39, 0.29) is 5.91 Å². The average Bonchev–Trinajstić information content (AvgIpc) is 2.88. The lowest BCUT2D eigenvalue weighted by atomic mass is 10.0. The number of amides is 1. The predicted octanol–water partition coefficient (Wildman–Crippen LogP) is 5.40. The van der Waals surface area contributed by atoms with E-state index in [4.69, 9.17) is 9.47 Å². The van der Waals surface area contributed by atoms with E-state index in [1.54, 1.807) is 13.2 Å². The van der Waals surface area contributed by atoms with Gasteiger partial charge in [-0.2, -0.15) is 0 Å². The van der Waals surface area contributed by atoms with Crippen LogP contribution in [-0.4, -0.2) is 49.1 Å². The summed E-state index contributed by atoms with van der Waals surface area (Å²) in [6.45, 7) is 3.98. The Kier molecular flexibility index (Phi) is 6.58. The Labute approximate surface area is 199 Å². The number of fused-ring (bicyclic) bond motifs is 2. The molecule has 0 spiro atoms. The Bertz CT molecular complexity index is 1320. The number of rotatable bonds is 7. The van der Waals surface area contributed by atoms with E-state index in [1.807, 2.05) is 60.7 Å². The van der Waals surface area contributed by atoms with Gasteiger partial charge >= 0.3 is 0 Å². The summed E-state index contributed by atoms with van der Waals surface area (Å²) >= 11 is 0. The van der Waals surface area contributed by atoms with E-state index in [0.717, 1.165) is 39.7 Å². The SMILES string of the molecule is CNC(=O)c1cccc2cc(Oc3ccnc4cc(OCCN5CCCCC5)ccc34)ccc12. The highest BCUT2D eigenvalue weighted by Gasteiger charge is 2.12. The summed E-state index contributed by atoms with van der Waals surface area (Å²) < 4.78 is 12.2. The van der Waals surface area contributed by atoms with Gasteiger partial charge in [0.25, 0.3) is 5.91 Å². The molecular weight excluding hydrogens is 426 g/mol. The van der Waals surface area contributed by atoms with Gasteiger partial charge in [0.05, 0.1) is 5.52 Å². The van der Waals surface area contributed by atoms with Crippen LogP contribution in [0, 0.1) is 0 Å². The van der Waals surface area contributed by atoms with Gasteiger partial charge in [-0.25, -0.2) is 0 Å². The monoisotopic (exact) mass is 455 g/mol. The predicted molar refractivity (Wildman–Crippen MR) is 135 cm³/mol. The molecule has 0 saturated carbocycles. The Morgan fingerprint density at radius 2 is 1.79 bits per heavy atom.